The average Bonchev–Trinajstić information content (AvgIpc) is 2.87. The first-order valence-electron chi connectivity index (χ1n) is 7.21. The molecular weight excluding hydrogens is 300 g/mol. The minimum Gasteiger partial charge on any atom is -0.305 e. The maximum Gasteiger partial charge on any atom is 0.284 e. The Balaban J connectivity index is 2.11. The molecule has 0 unspecified atom stereocenters. The Morgan fingerprint density at radius 3 is 2.64 bits per heavy atom. The molecule has 5 nitrogen and oxygen atoms in total. The van der Waals surface area contributed by atoms with E-state index >= 15 is 0 Å². The van der Waals surface area contributed by atoms with Gasteiger partial charge in [-0.05, 0) is 38.1 Å². The lowest BCUT2D eigenvalue weighted by Gasteiger charge is -2.40. The molecule has 1 atom stereocenters. The van der Waals surface area contributed by atoms with E-state index in [-0.39, 0.29) is 11.1 Å². The van der Waals surface area contributed by atoms with Gasteiger partial charge in [0.05, 0.1) is 16.2 Å². The Bertz CT molecular complexity index is 909. The lowest BCUT2D eigenvalue weighted by molar-refractivity contribution is 0.214. The van der Waals surface area contributed by atoms with Crippen LogP contribution in [0, 0.1) is 0 Å². The summed E-state index contributed by atoms with van der Waals surface area (Å²) >= 11 is 6.16. The molecular formula is C16H15ClN4O. The molecule has 1 fully saturated rings. The van der Waals surface area contributed by atoms with Crippen molar-refractivity contribution in [2.75, 3.05) is 6.54 Å². The molecule has 1 N–H and O–H groups in total. The fourth-order valence-corrected chi connectivity index (χ4v) is 3.12. The third-order valence-corrected chi connectivity index (χ3v) is 4.59. The zero-order valence-electron chi connectivity index (χ0n) is 12.1. The maximum atomic E-state index is 13.0. The highest BCUT2D eigenvalue weighted by Crippen LogP contribution is 2.30. The van der Waals surface area contributed by atoms with Gasteiger partial charge < -0.3 is 5.32 Å². The summed E-state index contributed by atoms with van der Waals surface area (Å²) in [7, 11) is 0. The van der Waals surface area contributed by atoms with Crippen LogP contribution in [0.25, 0.3) is 11.2 Å². The van der Waals surface area contributed by atoms with Crippen LogP contribution < -0.4 is 10.9 Å². The molecule has 6 heteroatoms. The van der Waals surface area contributed by atoms with Gasteiger partial charge in [0.2, 0.25) is 0 Å². The van der Waals surface area contributed by atoms with Gasteiger partial charge in [0.25, 0.3) is 5.56 Å². The third kappa shape index (κ3) is 1.82. The summed E-state index contributed by atoms with van der Waals surface area (Å²) in [4.78, 5) is 13.0. The number of benzene rings is 1. The van der Waals surface area contributed by atoms with Crippen molar-refractivity contribution in [2.45, 2.75) is 18.9 Å². The smallest absolute Gasteiger partial charge is 0.284 e. The van der Waals surface area contributed by atoms with Crippen molar-refractivity contribution in [3.8, 4) is 5.69 Å². The van der Waals surface area contributed by atoms with E-state index in [1.54, 1.807) is 21.3 Å². The Hall–Kier alpha value is -2.11. The lowest BCUT2D eigenvalue weighted by Crippen LogP contribution is -2.55. The molecule has 0 saturated carbocycles. The number of para-hydroxylation sites is 1. The SMILES string of the molecule is C[C@@]1(c2nn3ccc(Cl)c3c(=O)n2-c2ccccc2)CCN1. The van der Waals surface area contributed by atoms with Gasteiger partial charge in [-0.1, -0.05) is 29.8 Å². The number of nitrogens with zero attached hydrogens (tertiary/aromatic N) is 3. The van der Waals surface area contributed by atoms with E-state index in [0.717, 1.165) is 18.7 Å². The predicted octanol–water partition coefficient (Wildman–Crippen LogP) is 2.35. The second kappa shape index (κ2) is 4.69. The number of nitrogens with one attached hydrogen (secondary N) is 1. The highest BCUT2D eigenvalue weighted by Gasteiger charge is 2.38. The van der Waals surface area contributed by atoms with E-state index in [2.05, 4.69) is 17.3 Å². The monoisotopic (exact) mass is 314 g/mol. The zero-order chi connectivity index (χ0) is 15.3. The van der Waals surface area contributed by atoms with Crippen molar-refractivity contribution in [2.24, 2.45) is 0 Å². The largest absolute Gasteiger partial charge is 0.305 e. The van der Waals surface area contributed by atoms with Crippen LogP contribution in [-0.2, 0) is 5.54 Å². The third-order valence-electron chi connectivity index (χ3n) is 4.29. The first-order valence-corrected chi connectivity index (χ1v) is 7.59. The zero-order valence-corrected chi connectivity index (χ0v) is 12.8. The number of hydrogen-bond donors (Lipinski definition) is 1. The molecule has 0 spiro atoms. The van der Waals surface area contributed by atoms with Crippen LogP contribution in [0.4, 0.5) is 0 Å². The summed E-state index contributed by atoms with van der Waals surface area (Å²) in [6.07, 6.45) is 2.66. The molecule has 0 amide bonds. The summed E-state index contributed by atoms with van der Waals surface area (Å²) in [6, 6.07) is 11.2. The predicted molar refractivity (Wildman–Crippen MR) is 85.8 cm³/mol. The molecule has 22 heavy (non-hydrogen) atoms. The molecule has 1 aromatic carbocycles. The van der Waals surface area contributed by atoms with Gasteiger partial charge in [-0.15, -0.1) is 0 Å². The first-order chi connectivity index (χ1) is 10.6. The van der Waals surface area contributed by atoms with Crippen molar-refractivity contribution in [3.63, 3.8) is 0 Å². The summed E-state index contributed by atoms with van der Waals surface area (Å²) < 4.78 is 3.23. The first kappa shape index (κ1) is 13.5. The van der Waals surface area contributed by atoms with Gasteiger partial charge in [-0.3, -0.25) is 9.36 Å². The van der Waals surface area contributed by atoms with E-state index < -0.39 is 0 Å². The van der Waals surface area contributed by atoms with Crippen molar-refractivity contribution >= 4 is 17.1 Å². The van der Waals surface area contributed by atoms with Gasteiger partial charge in [0.1, 0.15) is 5.52 Å². The summed E-state index contributed by atoms with van der Waals surface area (Å²) in [5, 5.41) is 8.46. The van der Waals surface area contributed by atoms with Crippen LogP contribution in [0.15, 0.2) is 47.4 Å². The number of fused-ring (bicyclic) bond motifs is 1. The minimum absolute atomic E-state index is 0.152. The second-order valence-electron chi connectivity index (χ2n) is 5.77. The van der Waals surface area contributed by atoms with Crippen molar-refractivity contribution in [1.82, 2.24) is 19.5 Å². The molecule has 1 aliphatic rings. The Kier molecular flexibility index (Phi) is 2.89. The molecule has 0 bridgehead atoms. The van der Waals surface area contributed by atoms with Crippen molar-refractivity contribution in [3.05, 3.63) is 63.8 Å². The van der Waals surface area contributed by atoms with Gasteiger partial charge in [-0.2, -0.15) is 5.10 Å². The van der Waals surface area contributed by atoms with Crippen LogP contribution in [-0.4, -0.2) is 20.7 Å². The lowest BCUT2D eigenvalue weighted by atomic mass is 9.89. The topological polar surface area (TPSA) is 51.3 Å². The quantitative estimate of drug-likeness (QED) is 0.790. The van der Waals surface area contributed by atoms with E-state index in [1.807, 2.05) is 30.3 Å². The molecule has 1 aliphatic heterocycles. The normalized spacial score (nSPS) is 21.0. The molecule has 3 aromatic rings. The van der Waals surface area contributed by atoms with Crippen LogP contribution in [0.3, 0.4) is 0 Å². The van der Waals surface area contributed by atoms with E-state index in [1.165, 1.54) is 0 Å². The number of hydrogen-bond acceptors (Lipinski definition) is 3. The molecule has 4 rings (SSSR count). The average molecular weight is 315 g/mol. The summed E-state index contributed by atoms with van der Waals surface area (Å²) in [5.74, 6) is 0.703. The van der Waals surface area contributed by atoms with Gasteiger partial charge in [0, 0.05) is 6.20 Å². The summed E-state index contributed by atoms with van der Waals surface area (Å²) in [6.45, 7) is 2.99. The molecule has 0 radical (unpaired) electrons. The molecule has 1 saturated heterocycles. The second-order valence-corrected chi connectivity index (χ2v) is 6.17. The van der Waals surface area contributed by atoms with Gasteiger partial charge >= 0.3 is 0 Å². The van der Waals surface area contributed by atoms with E-state index in [4.69, 9.17) is 11.6 Å². The fraction of sp³-hybridized carbons (Fsp3) is 0.250. The Morgan fingerprint density at radius 2 is 2.00 bits per heavy atom. The molecule has 112 valence electrons. The van der Waals surface area contributed by atoms with Crippen LogP contribution in [0.5, 0.6) is 0 Å². The van der Waals surface area contributed by atoms with Crippen LogP contribution in [0.2, 0.25) is 5.02 Å². The highest BCUT2D eigenvalue weighted by molar-refractivity contribution is 6.33. The Labute approximate surface area is 132 Å². The maximum absolute atomic E-state index is 13.0. The minimum atomic E-state index is -0.306. The number of rotatable bonds is 2. The van der Waals surface area contributed by atoms with E-state index in [9.17, 15) is 4.79 Å². The standard InChI is InChI=1S/C16H15ClN4O/c1-16(8-9-18-16)15-19-20-10-7-12(17)13(20)14(22)21(15)11-5-3-2-4-6-11/h2-7,10,18H,8-9H2,1H3/t16-/m0/s1. The Morgan fingerprint density at radius 1 is 1.27 bits per heavy atom. The molecule has 2 aromatic heterocycles. The summed E-state index contributed by atoms with van der Waals surface area (Å²) in [5.41, 5.74) is 0.739. The fourth-order valence-electron chi connectivity index (χ4n) is 2.90. The van der Waals surface area contributed by atoms with Crippen molar-refractivity contribution < 1.29 is 0 Å². The number of halogens is 1. The number of aromatic nitrogens is 3. The van der Waals surface area contributed by atoms with Gasteiger partial charge in [0.15, 0.2) is 5.82 Å². The van der Waals surface area contributed by atoms with Crippen LogP contribution in [0.1, 0.15) is 19.2 Å². The molecule has 3 heterocycles. The molecule has 0 aliphatic carbocycles. The van der Waals surface area contributed by atoms with Crippen LogP contribution >= 0.6 is 11.6 Å². The van der Waals surface area contributed by atoms with Crippen molar-refractivity contribution in [1.29, 1.82) is 0 Å². The highest BCUT2D eigenvalue weighted by atomic mass is 35.5. The van der Waals surface area contributed by atoms with Gasteiger partial charge in [-0.25, -0.2) is 4.52 Å². The van der Waals surface area contributed by atoms with E-state index in [0.29, 0.717) is 16.4 Å².